The quantitative estimate of drug-likeness (QED) is 0.923. The predicted molar refractivity (Wildman–Crippen MR) is 90.6 cm³/mol. The number of carbonyl (C=O) groups is 2. The van der Waals surface area contributed by atoms with Gasteiger partial charge in [0.25, 0.3) is 11.8 Å². The molecule has 1 heterocycles. The van der Waals surface area contributed by atoms with Crippen LogP contribution in [0.1, 0.15) is 41.2 Å². The summed E-state index contributed by atoms with van der Waals surface area (Å²) in [5.74, 6) is -0.522. The monoisotopic (exact) mass is 311 g/mol. The third kappa shape index (κ3) is 4.16. The second kappa shape index (κ2) is 7.54. The van der Waals surface area contributed by atoms with Crippen molar-refractivity contribution in [2.75, 3.05) is 11.9 Å². The fraction of sp³-hybridized carbons (Fsp3) is 0.278. The molecule has 1 aromatic carbocycles. The zero-order valence-electron chi connectivity index (χ0n) is 13.6. The zero-order valence-corrected chi connectivity index (χ0v) is 13.6. The lowest BCUT2D eigenvalue weighted by Crippen LogP contribution is -2.33. The van der Waals surface area contributed by atoms with E-state index in [0.29, 0.717) is 0 Å². The van der Waals surface area contributed by atoms with E-state index in [0.717, 1.165) is 12.1 Å². The minimum atomic E-state index is -0.267. The highest BCUT2D eigenvalue weighted by Crippen LogP contribution is 2.14. The van der Waals surface area contributed by atoms with Crippen LogP contribution in [0.2, 0.25) is 0 Å². The topological polar surface area (TPSA) is 62.3 Å². The molecule has 0 bridgehead atoms. The molecule has 0 radical (unpaired) electrons. The van der Waals surface area contributed by atoms with Gasteiger partial charge >= 0.3 is 0 Å². The molecule has 120 valence electrons. The number of hydrogen-bond acceptors (Lipinski definition) is 3. The maximum absolute atomic E-state index is 12.5. The molecule has 2 aromatic rings. The molecule has 0 aliphatic carbocycles. The van der Waals surface area contributed by atoms with Gasteiger partial charge < -0.3 is 10.2 Å². The zero-order chi connectivity index (χ0) is 16.8. The van der Waals surface area contributed by atoms with E-state index in [1.165, 1.54) is 4.90 Å². The number of benzene rings is 1. The maximum atomic E-state index is 12.5. The van der Waals surface area contributed by atoms with Crippen LogP contribution in [0.25, 0.3) is 0 Å². The van der Waals surface area contributed by atoms with E-state index in [1.54, 1.807) is 25.2 Å². The van der Waals surface area contributed by atoms with Gasteiger partial charge in [0.1, 0.15) is 11.4 Å². The van der Waals surface area contributed by atoms with Crippen molar-refractivity contribution in [1.82, 2.24) is 10.3 Å². The molecule has 1 aromatic heterocycles. The lowest BCUT2D eigenvalue weighted by Gasteiger charge is -2.17. The molecule has 5 nitrogen and oxygen atoms in total. The van der Waals surface area contributed by atoms with Gasteiger partial charge in [-0.25, -0.2) is 4.98 Å². The Morgan fingerprint density at radius 3 is 2.39 bits per heavy atom. The maximum Gasteiger partial charge on any atom is 0.276 e. The van der Waals surface area contributed by atoms with Crippen LogP contribution < -0.4 is 10.2 Å². The molecule has 0 spiro atoms. The van der Waals surface area contributed by atoms with Crippen LogP contribution in [0.15, 0.2) is 48.5 Å². The largest absolute Gasteiger partial charge is 0.348 e. The molecule has 1 N–H and O–H groups in total. The first kappa shape index (κ1) is 16.7. The highest BCUT2D eigenvalue weighted by atomic mass is 16.2. The summed E-state index contributed by atoms with van der Waals surface area (Å²) in [6, 6.07) is 14.3. The SMILES string of the molecule is CCC(C)NC(=O)c1cccc(C(=O)N(C)c2ccccc2)n1. The predicted octanol–water partition coefficient (Wildman–Crippen LogP) is 2.89. The molecular formula is C18H21N3O2. The first-order chi connectivity index (χ1) is 11.0. The van der Waals surface area contributed by atoms with Crippen LogP contribution in [0.5, 0.6) is 0 Å². The molecule has 2 rings (SSSR count). The summed E-state index contributed by atoms with van der Waals surface area (Å²) in [7, 11) is 1.69. The van der Waals surface area contributed by atoms with Gasteiger partial charge in [0.2, 0.25) is 0 Å². The summed E-state index contributed by atoms with van der Waals surface area (Å²) in [6.07, 6.45) is 0.834. The van der Waals surface area contributed by atoms with E-state index in [4.69, 9.17) is 0 Å². The number of aromatic nitrogens is 1. The van der Waals surface area contributed by atoms with Crippen LogP contribution in [0.3, 0.4) is 0 Å². The summed E-state index contributed by atoms with van der Waals surface area (Å²) >= 11 is 0. The smallest absolute Gasteiger partial charge is 0.276 e. The summed E-state index contributed by atoms with van der Waals surface area (Å²) in [5.41, 5.74) is 1.26. The third-order valence-electron chi connectivity index (χ3n) is 3.64. The Hall–Kier alpha value is -2.69. The number of rotatable bonds is 5. The van der Waals surface area contributed by atoms with E-state index < -0.39 is 0 Å². The molecule has 0 aliphatic rings. The van der Waals surface area contributed by atoms with Crippen LogP contribution in [-0.2, 0) is 0 Å². The van der Waals surface area contributed by atoms with Gasteiger partial charge in [-0.15, -0.1) is 0 Å². The van der Waals surface area contributed by atoms with Crippen molar-refractivity contribution >= 4 is 17.5 Å². The second-order valence-corrected chi connectivity index (χ2v) is 5.39. The third-order valence-corrected chi connectivity index (χ3v) is 3.64. The van der Waals surface area contributed by atoms with E-state index >= 15 is 0 Å². The van der Waals surface area contributed by atoms with Crippen molar-refractivity contribution < 1.29 is 9.59 Å². The normalized spacial score (nSPS) is 11.6. The van der Waals surface area contributed by atoms with Crippen molar-refractivity contribution in [3.8, 4) is 0 Å². The number of carbonyl (C=O) groups excluding carboxylic acids is 2. The molecule has 23 heavy (non-hydrogen) atoms. The van der Waals surface area contributed by atoms with Gasteiger partial charge in [-0.2, -0.15) is 0 Å². The van der Waals surface area contributed by atoms with Gasteiger partial charge in [0, 0.05) is 18.8 Å². The van der Waals surface area contributed by atoms with Gasteiger partial charge in [-0.3, -0.25) is 9.59 Å². The van der Waals surface area contributed by atoms with Crippen molar-refractivity contribution in [2.45, 2.75) is 26.3 Å². The second-order valence-electron chi connectivity index (χ2n) is 5.39. The molecule has 0 saturated heterocycles. The Bertz CT molecular complexity index is 686. The molecule has 2 amide bonds. The standard InChI is InChI=1S/C18H21N3O2/c1-4-13(2)19-17(22)15-11-8-12-16(20-15)18(23)21(3)14-9-6-5-7-10-14/h5-13H,4H2,1-3H3,(H,19,22). The van der Waals surface area contributed by atoms with Crippen LogP contribution in [-0.4, -0.2) is 29.9 Å². The highest BCUT2D eigenvalue weighted by molar-refractivity contribution is 6.05. The van der Waals surface area contributed by atoms with Crippen molar-refractivity contribution in [3.63, 3.8) is 0 Å². The number of nitrogens with one attached hydrogen (secondary N) is 1. The van der Waals surface area contributed by atoms with Crippen molar-refractivity contribution in [1.29, 1.82) is 0 Å². The first-order valence-electron chi connectivity index (χ1n) is 7.64. The molecule has 0 aliphatic heterocycles. The fourth-order valence-electron chi connectivity index (χ4n) is 2.02. The van der Waals surface area contributed by atoms with E-state index in [2.05, 4.69) is 10.3 Å². The van der Waals surface area contributed by atoms with Crippen LogP contribution >= 0.6 is 0 Å². The van der Waals surface area contributed by atoms with Gasteiger partial charge in [-0.05, 0) is 37.6 Å². The molecule has 5 heteroatoms. The number of hydrogen-bond donors (Lipinski definition) is 1. The lowest BCUT2D eigenvalue weighted by atomic mass is 10.2. The summed E-state index contributed by atoms with van der Waals surface area (Å²) in [6.45, 7) is 3.92. The van der Waals surface area contributed by atoms with Gasteiger partial charge in [0.05, 0.1) is 0 Å². The number of anilines is 1. The first-order valence-corrected chi connectivity index (χ1v) is 7.64. The van der Waals surface area contributed by atoms with Crippen LogP contribution in [0.4, 0.5) is 5.69 Å². The summed E-state index contributed by atoms with van der Waals surface area (Å²) in [5, 5.41) is 2.85. The van der Waals surface area contributed by atoms with Gasteiger partial charge in [-0.1, -0.05) is 31.2 Å². The Balaban J connectivity index is 2.19. The molecule has 0 saturated carbocycles. The fourth-order valence-corrected chi connectivity index (χ4v) is 2.02. The Labute approximate surface area is 136 Å². The Morgan fingerprint density at radius 2 is 1.74 bits per heavy atom. The average molecular weight is 311 g/mol. The van der Waals surface area contributed by atoms with Gasteiger partial charge in [0.15, 0.2) is 0 Å². The summed E-state index contributed by atoms with van der Waals surface area (Å²) < 4.78 is 0. The molecule has 1 atom stereocenters. The number of pyridine rings is 1. The van der Waals surface area contributed by atoms with E-state index in [1.807, 2.05) is 44.2 Å². The molecule has 1 unspecified atom stereocenters. The Morgan fingerprint density at radius 1 is 1.09 bits per heavy atom. The minimum absolute atomic E-state index is 0.0654. The molecular weight excluding hydrogens is 290 g/mol. The number of para-hydroxylation sites is 1. The Kier molecular flexibility index (Phi) is 5.46. The number of nitrogens with zero attached hydrogens (tertiary/aromatic N) is 2. The average Bonchev–Trinajstić information content (AvgIpc) is 2.61. The number of amides is 2. The minimum Gasteiger partial charge on any atom is -0.348 e. The lowest BCUT2D eigenvalue weighted by molar-refractivity contribution is 0.0934. The van der Waals surface area contributed by atoms with E-state index in [9.17, 15) is 9.59 Å². The van der Waals surface area contributed by atoms with Crippen molar-refractivity contribution in [3.05, 3.63) is 59.9 Å². The highest BCUT2D eigenvalue weighted by Gasteiger charge is 2.17. The van der Waals surface area contributed by atoms with Crippen molar-refractivity contribution in [2.24, 2.45) is 0 Å². The summed E-state index contributed by atoms with van der Waals surface area (Å²) in [4.78, 5) is 30.4. The van der Waals surface area contributed by atoms with Crippen LogP contribution in [0, 0.1) is 0 Å². The molecule has 0 fully saturated rings. The van der Waals surface area contributed by atoms with E-state index in [-0.39, 0.29) is 29.2 Å².